The molecule has 3 N–H and O–H groups in total. The van der Waals surface area contributed by atoms with Crippen LogP contribution in [-0.2, 0) is 17.8 Å². The number of aromatic nitrogens is 2. The van der Waals surface area contributed by atoms with Gasteiger partial charge in [0, 0.05) is 25.2 Å². The van der Waals surface area contributed by atoms with E-state index in [4.69, 9.17) is 5.73 Å². The number of amides is 1. The van der Waals surface area contributed by atoms with Crippen LogP contribution in [0.5, 0.6) is 0 Å². The number of anilines is 1. The maximum Gasteiger partial charge on any atom is 0.219 e. The molecule has 1 aliphatic carbocycles. The van der Waals surface area contributed by atoms with E-state index in [9.17, 15) is 9.18 Å². The molecule has 21 heavy (non-hydrogen) atoms. The molecule has 1 aliphatic rings. The van der Waals surface area contributed by atoms with Crippen LogP contribution in [0.3, 0.4) is 0 Å². The van der Waals surface area contributed by atoms with Gasteiger partial charge in [0.2, 0.25) is 5.91 Å². The van der Waals surface area contributed by atoms with Gasteiger partial charge in [-0.3, -0.25) is 9.48 Å². The number of fused-ring (bicyclic) bond motifs is 1. The third kappa shape index (κ3) is 3.04. The third-order valence-electron chi connectivity index (χ3n) is 3.74. The quantitative estimate of drug-likeness (QED) is 0.883. The summed E-state index contributed by atoms with van der Waals surface area (Å²) in [5.74, 6) is 0.163. The molecule has 1 aromatic heterocycles. The lowest BCUT2D eigenvalue weighted by atomic mass is 10.1. The van der Waals surface area contributed by atoms with Gasteiger partial charge in [-0.2, -0.15) is 5.10 Å². The highest BCUT2D eigenvalue weighted by molar-refractivity contribution is 5.73. The summed E-state index contributed by atoms with van der Waals surface area (Å²) in [6.07, 6.45) is 3.92. The predicted octanol–water partition coefficient (Wildman–Crippen LogP) is 2.00. The number of halogens is 1. The second kappa shape index (κ2) is 5.55. The van der Waals surface area contributed by atoms with Crippen LogP contribution in [0.15, 0.2) is 30.5 Å². The monoisotopic (exact) mass is 288 g/mol. The van der Waals surface area contributed by atoms with E-state index in [0.29, 0.717) is 6.54 Å². The van der Waals surface area contributed by atoms with Gasteiger partial charge in [0.05, 0.1) is 6.04 Å². The summed E-state index contributed by atoms with van der Waals surface area (Å²) < 4.78 is 15.0. The lowest BCUT2D eigenvalue weighted by molar-refractivity contribution is -0.118. The largest absolute Gasteiger partial charge is 0.370 e. The van der Waals surface area contributed by atoms with Crippen LogP contribution in [0.25, 0.3) is 0 Å². The third-order valence-corrected chi connectivity index (χ3v) is 3.74. The van der Waals surface area contributed by atoms with Gasteiger partial charge in [0.25, 0.3) is 0 Å². The molecule has 0 bridgehead atoms. The minimum absolute atomic E-state index is 0.0789. The van der Waals surface area contributed by atoms with E-state index in [1.54, 1.807) is 16.9 Å². The number of benzene rings is 1. The van der Waals surface area contributed by atoms with Gasteiger partial charge < -0.3 is 11.1 Å². The fourth-order valence-corrected chi connectivity index (χ4v) is 2.69. The first-order chi connectivity index (χ1) is 10.1. The molecule has 110 valence electrons. The first-order valence-electron chi connectivity index (χ1n) is 6.98. The molecule has 2 aromatic rings. The van der Waals surface area contributed by atoms with E-state index in [1.807, 2.05) is 12.1 Å². The fourth-order valence-electron chi connectivity index (χ4n) is 2.69. The van der Waals surface area contributed by atoms with Crippen molar-refractivity contribution in [3.63, 3.8) is 0 Å². The number of carbonyl (C=O) groups is 1. The topological polar surface area (TPSA) is 72.9 Å². The lowest BCUT2D eigenvalue weighted by Crippen LogP contribution is -2.14. The zero-order valence-electron chi connectivity index (χ0n) is 11.6. The van der Waals surface area contributed by atoms with Crippen LogP contribution >= 0.6 is 0 Å². The van der Waals surface area contributed by atoms with Crippen molar-refractivity contribution in [1.82, 2.24) is 9.78 Å². The predicted molar refractivity (Wildman–Crippen MR) is 77.1 cm³/mol. The Bertz CT molecular complexity index is 667. The molecule has 5 nitrogen and oxygen atoms in total. The van der Waals surface area contributed by atoms with Gasteiger partial charge in [-0.15, -0.1) is 0 Å². The van der Waals surface area contributed by atoms with Crippen molar-refractivity contribution in [2.24, 2.45) is 5.73 Å². The molecule has 0 saturated carbocycles. The van der Waals surface area contributed by atoms with Crippen molar-refractivity contribution in [1.29, 1.82) is 0 Å². The Labute approximate surface area is 121 Å². The summed E-state index contributed by atoms with van der Waals surface area (Å²) in [6.45, 7) is 0.465. The van der Waals surface area contributed by atoms with Gasteiger partial charge in [0.15, 0.2) is 0 Å². The Hall–Kier alpha value is -2.37. The minimum atomic E-state index is -0.347. The van der Waals surface area contributed by atoms with Gasteiger partial charge in [-0.25, -0.2) is 4.39 Å². The number of carbonyl (C=O) groups excluding carboxylic acids is 1. The van der Waals surface area contributed by atoms with Crippen LogP contribution < -0.4 is 11.1 Å². The molecule has 1 heterocycles. The highest BCUT2D eigenvalue weighted by Crippen LogP contribution is 2.33. The second-order valence-electron chi connectivity index (χ2n) is 5.26. The molecule has 0 fully saturated rings. The fraction of sp³-hybridized carbons (Fsp3) is 0.333. The average Bonchev–Trinajstić information content (AvgIpc) is 3.05. The van der Waals surface area contributed by atoms with Crippen LogP contribution in [0, 0.1) is 5.82 Å². The van der Waals surface area contributed by atoms with Crippen molar-refractivity contribution in [3.05, 3.63) is 47.4 Å². The van der Waals surface area contributed by atoms with Crippen molar-refractivity contribution in [3.8, 4) is 0 Å². The standard InChI is InChI=1S/C15H17FN4O/c16-11-3-1-10-2-4-13(12(10)9-11)18-15-6-8-20(19-15)7-5-14(17)21/h1,3,6,8-9,13H,2,4-5,7H2,(H2,17,21)(H,18,19). The molecule has 1 amide bonds. The molecular weight excluding hydrogens is 271 g/mol. The van der Waals surface area contributed by atoms with Crippen LogP contribution in [0.1, 0.15) is 30.0 Å². The molecule has 0 spiro atoms. The molecular formula is C15H17FN4O. The molecule has 0 saturated heterocycles. The number of aryl methyl sites for hydroxylation is 2. The number of nitrogens with one attached hydrogen (secondary N) is 1. The highest BCUT2D eigenvalue weighted by atomic mass is 19.1. The smallest absolute Gasteiger partial charge is 0.219 e. The lowest BCUT2D eigenvalue weighted by Gasteiger charge is -2.13. The second-order valence-corrected chi connectivity index (χ2v) is 5.26. The zero-order chi connectivity index (χ0) is 14.8. The highest BCUT2D eigenvalue weighted by Gasteiger charge is 2.23. The van der Waals surface area contributed by atoms with Gasteiger partial charge in [-0.05, 0) is 36.1 Å². The van der Waals surface area contributed by atoms with E-state index in [-0.39, 0.29) is 24.2 Å². The minimum Gasteiger partial charge on any atom is -0.370 e. The van der Waals surface area contributed by atoms with Crippen LogP contribution in [0.2, 0.25) is 0 Å². The molecule has 1 aromatic carbocycles. The van der Waals surface area contributed by atoms with E-state index >= 15 is 0 Å². The Morgan fingerprint density at radius 1 is 1.48 bits per heavy atom. The molecule has 1 atom stereocenters. The first kappa shape index (κ1) is 13.6. The number of hydrogen-bond acceptors (Lipinski definition) is 3. The Kier molecular flexibility index (Phi) is 3.60. The van der Waals surface area contributed by atoms with Crippen molar-refractivity contribution in [2.45, 2.75) is 31.8 Å². The first-order valence-corrected chi connectivity index (χ1v) is 6.98. The summed E-state index contributed by atoms with van der Waals surface area (Å²) in [5, 5.41) is 7.66. The summed E-state index contributed by atoms with van der Waals surface area (Å²) >= 11 is 0. The zero-order valence-corrected chi connectivity index (χ0v) is 11.6. The van der Waals surface area contributed by atoms with E-state index in [2.05, 4.69) is 10.4 Å². The number of primary amides is 1. The van der Waals surface area contributed by atoms with Crippen molar-refractivity contribution in [2.75, 3.05) is 5.32 Å². The number of rotatable bonds is 5. The summed E-state index contributed by atoms with van der Waals surface area (Å²) in [5.41, 5.74) is 7.30. The number of nitrogens with two attached hydrogens (primary N) is 1. The number of hydrogen-bond donors (Lipinski definition) is 2. The summed E-state index contributed by atoms with van der Waals surface area (Å²) in [4.78, 5) is 10.8. The normalized spacial score (nSPS) is 16.7. The molecule has 3 rings (SSSR count). The van der Waals surface area contributed by atoms with Crippen molar-refractivity contribution >= 4 is 11.7 Å². The Morgan fingerprint density at radius 2 is 2.33 bits per heavy atom. The van der Waals surface area contributed by atoms with Gasteiger partial charge in [-0.1, -0.05) is 6.07 Å². The average molecular weight is 288 g/mol. The molecule has 6 heteroatoms. The SMILES string of the molecule is NC(=O)CCn1ccc(NC2CCc3ccc(F)cc32)n1. The summed E-state index contributed by atoms with van der Waals surface area (Å²) in [6, 6.07) is 6.86. The van der Waals surface area contributed by atoms with Crippen LogP contribution in [0.4, 0.5) is 10.2 Å². The molecule has 1 unspecified atom stereocenters. The summed E-state index contributed by atoms with van der Waals surface area (Å²) in [7, 11) is 0. The van der Waals surface area contributed by atoms with Crippen molar-refractivity contribution < 1.29 is 9.18 Å². The van der Waals surface area contributed by atoms with E-state index in [0.717, 1.165) is 24.2 Å². The maximum absolute atomic E-state index is 13.4. The van der Waals surface area contributed by atoms with E-state index < -0.39 is 0 Å². The molecule has 0 radical (unpaired) electrons. The van der Waals surface area contributed by atoms with E-state index in [1.165, 1.54) is 11.6 Å². The number of nitrogens with zero attached hydrogens (tertiary/aromatic N) is 2. The Morgan fingerprint density at radius 3 is 3.14 bits per heavy atom. The van der Waals surface area contributed by atoms with Gasteiger partial charge in [0.1, 0.15) is 11.6 Å². The van der Waals surface area contributed by atoms with Crippen LogP contribution in [-0.4, -0.2) is 15.7 Å². The van der Waals surface area contributed by atoms with Gasteiger partial charge >= 0.3 is 0 Å². The molecule has 0 aliphatic heterocycles. The Balaban J connectivity index is 1.68. The maximum atomic E-state index is 13.4.